The normalized spacial score (nSPS) is 11.3. The number of ether oxygens (including phenoxy) is 2. The zero-order valence-electron chi connectivity index (χ0n) is 10.7. The van der Waals surface area contributed by atoms with Crippen molar-refractivity contribution in [2.75, 3.05) is 7.11 Å². The molecule has 112 valence electrons. The number of methoxy groups -OCH3 is 1. The molecule has 0 fully saturated rings. The second-order valence-electron chi connectivity index (χ2n) is 4.04. The molecule has 0 bridgehead atoms. The first-order valence-corrected chi connectivity index (χ1v) is 7.28. The second-order valence-corrected chi connectivity index (χ2v) is 5.75. The van der Waals surface area contributed by atoms with Crippen LogP contribution in [0.25, 0.3) is 0 Å². The Hall–Kier alpha value is -1.21. The van der Waals surface area contributed by atoms with Gasteiger partial charge in [0, 0.05) is 0 Å². The van der Waals surface area contributed by atoms with E-state index in [1.54, 1.807) is 18.2 Å². The van der Waals surface area contributed by atoms with E-state index in [0.717, 1.165) is 12.1 Å². The van der Waals surface area contributed by atoms with Gasteiger partial charge in [-0.05, 0) is 68.3 Å². The van der Waals surface area contributed by atoms with Gasteiger partial charge in [-0.15, -0.1) is 0 Å². The van der Waals surface area contributed by atoms with E-state index in [9.17, 15) is 13.2 Å². The monoisotopic (exact) mass is 424 g/mol. The number of hydrogen-bond donors (Lipinski definition) is 0. The van der Waals surface area contributed by atoms with Crippen LogP contribution in [0.1, 0.15) is 5.56 Å². The molecule has 2 nitrogen and oxygen atoms in total. The minimum absolute atomic E-state index is 0.222. The van der Waals surface area contributed by atoms with E-state index < -0.39 is 11.7 Å². The summed E-state index contributed by atoms with van der Waals surface area (Å²) in [6, 6.07) is 8.27. The smallest absolute Gasteiger partial charge is 0.416 e. The highest BCUT2D eigenvalue weighted by molar-refractivity contribution is 9.11. The lowest BCUT2D eigenvalue weighted by atomic mass is 10.2. The summed E-state index contributed by atoms with van der Waals surface area (Å²) in [5.41, 5.74) is -0.740. The van der Waals surface area contributed by atoms with Gasteiger partial charge in [-0.3, -0.25) is 0 Å². The molecule has 0 unspecified atom stereocenters. The van der Waals surface area contributed by atoms with Crippen molar-refractivity contribution in [2.24, 2.45) is 0 Å². The van der Waals surface area contributed by atoms with Crippen molar-refractivity contribution in [3.63, 3.8) is 0 Å². The molecule has 21 heavy (non-hydrogen) atoms. The predicted molar refractivity (Wildman–Crippen MR) is 79.9 cm³/mol. The lowest BCUT2D eigenvalue weighted by Crippen LogP contribution is -2.04. The quantitative estimate of drug-likeness (QED) is 0.597. The van der Waals surface area contributed by atoms with E-state index in [4.69, 9.17) is 9.47 Å². The number of rotatable bonds is 3. The van der Waals surface area contributed by atoms with Crippen molar-refractivity contribution in [1.82, 2.24) is 0 Å². The van der Waals surface area contributed by atoms with Gasteiger partial charge < -0.3 is 9.47 Å². The molecule has 0 radical (unpaired) electrons. The minimum Gasteiger partial charge on any atom is -0.497 e. The summed E-state index contributed by atoms with van der Waals surface area (Å²) in [6.45, 7) is 0. The van der Waals surface area contributed by atoms with Crippen LogP contribution in [0.15, 0.2) is 45.3 Å². The molecule has 0 N–H and O–H groups in total. The lowest BCUT2D eigenvalue weighted by Gasteiger charge is -2.12. The van der Waals surface area contributed by atoms with Crippen LogP contribution in [0.2, 0.25) is 0 Å². The zero-order chi connectivity index (χ0) is 15.6. The molecule has 0 saturated carbocycles. The van der Waals surface area contributed by atoms with E-state index in [1.165, 1.54) is 13.2 Å². The van der Waals surface area contributed by atoms with Crippen LogP contribution < -0.4 is 9.47 Å². The standard InChI is InChI=1S/C14H9Br2F3O2/c1-20-9-3-5-13(11(16)7-9)21-12-4-2-8(6-10(12)15)14(17,18)19/h2-7H,1H3. The molecule has 2 rings (SSSR count). The van der Waals surface area contributed by atoms with Crippen LogP contribution in [-0.2, 0) is 6.18 Å². The summed E-state index contributed by atoms with van der Waals surface area (Å²) < 4.78 is 49.3. The number of halogens is 5. The zero-order valence-corrected chi connectivity index (χ0v) is 13.8. The summed E-state index contributed by atoms with van der Waals surface area (Å²) in [5, 5.41) is 0. The minimum atomic E-state index is -4.39. The van der Waals surface area contributed by atoms with Gasteiger partial charge >= 0.3 is 6.18 Å². The van der Waals surface area contributed by atoms with Gasteiger partial charge in [-0.2, -0.15) is 13.2 Å². The van der Waals surface area contributed by atoms with Crippen molar-refractivity contribution in [3.05, 3.63) is 50.9 Å². The van der Waals surface area contributed by atoms with E-state index in [0.29, 0.717) is 16.0 Å². The predicted octanol–water partition coefficient (Wildman–Crippen LogP) is 6.03. The van der Waals surface area contributed by atoms with Crippen molar-refractivity contribution < 1.29 is 22.6 Å². The summed E-state index contributed by atoms with van der Waals surface area (Å²) in [4.78, 5) is 0. The summed E-state index contributed by atoms with van der Waals surface area (Å²) >= 11 is 6.40. The molecule has 2 aromatic carbocycles. The molecule has 0 spiro atoms. The van der Waals surface area contributed by atoms with E-state index in [1.807, 2.05) is 0 Å². The van der Waals surface area contributed by atoms with Crippen molar-refractivity contribution in [1.29, 1.82) is 0 Å². The summed E-state index contributed by atoms with van der Waals surface area (Å²) in [7, 11) is 1.54. The number of alkyl halides is 3. The molecule has 2 aromatic rings. The maximum absolute atomic E-state index is 12.6. The highest BCUT2D eigenvalue weighted by Crippen LogP contribution is 2.38. The maximum atomic E-state index is 12.6. The Morgan fingerprint density at radius 2 is 1.48 bits per heavy atom. The van der Waals surface area contributed by atoms with Gasteiger partial charge in [-0.25, -0.2) is 0 Å². The van der Waals surface area contributed by atoms with Crippen LogP contribution in [0, 0.1) is 0 Å². The molecule has 0 heterocycles. The van der Waals surface area contributed by atoms with Crippen molar-refractivity contribution in [2.45, 2.75) is 6.18 Å². The van der Waals surface area contributed by atoms with Gasteiger partial charge in [0.1, 0.15) is 17.2 Å². The van der Waals surface area contributed by atoms with Gasteiger partial charge in [0.2, 0.25) is 0 Å². The fourth-order valence-corrected chi connectivity index (χ4v) is 2.47. The first-order valence-electron chi connectivity index (χ1n) is 5.69. The third-order valence-corrected chi connectivity index (χ3v) is 3.86. The molecular weight excluding hydrogens is 417 g/mol. The van der Waals surface area contributed by atoms with E-state index in [-0.39, 0.29) is 10.2 Å². The van der Waals surface area contributed by atoms with E-state index in [2.05, 4.69) is 31.9 Å². The number of benzene rings is 2. The van der Waals surface area contributed by atoms with Crippen molar-refractivity contribution in [3.8, 4) is 17.2 Å². The Labute approximate surface area is 136 Å². The second kappa shape index (κ2) is 6.27. The molecule has 0 aromatic heterocycles. The molecule has 0 aliphatic heterocycles. The highest BCUT2D eigenvalue weighted by Gasteiger charge is 2.31. The Morgan fingerprint density at radius 1 is 0.905 bits per heavy atom. The Bertz CT molecular complexity index is 657. The fraction of sp³-hybridized carbons (Fsp3) is 0.143. The maximum Gasteiger partial charge on any atom is 0.416 e. The van der Waals surface area contributed by atoms with E-state index >= 15 is 0 Å². The highest BCUT2D eigenvalue weighted by atomic mass is 79.9. The van der Waals surface area contributed by atoms with Gasteiger partial charge in [-0.1, -0.05) is 0 Å². The van der Waals surface area contributed by atoms with Crippen LogP contribution in [0.4, 0.5) is 13.2 Å². The third kappa shape index (κ3) is 3.91. The van der Waals surface area contributed by atoms with Crippen molar-refractivity contribution >= 4 is 31.9 Å². The van der Waals surface area contributed by atoms with Gasteiger partial charge in [0.05, 0.1) is 21.6 Å². The van der Waals surface area contributed by atoms with Gasteiger partial charge in [0.15, 0.2) is 0 Å². The third-order valence-electron chi connectivity index (χ3n) is 2.62. The molecular formula is C14H9Br2F3O2. The Balaban J connectivity index is 2.28. The number of hydrogen-bond acceptors (Lipinski definition) is 2. The topological polar surface area (TPSA) is 18.5 Å². The largest absolute Gasteiger partial charge is 0.497 e. The van der Waals surface area contributed by atoms with Gasteiger partial charge in [0.25, 0.3) is 0 Å². The summed E-state index contributed by atoms with van der Waals surface area (Å²) in [6.07, 6.45) is -4.39. The first-order chi connectivity index (χ1) is 9.81. The fourth-order valence-electron chi connectivity index (χ4n) is 1.57. The molecule has 0 atom stereocenters. The lowest BCUT2D eigenvalue weighted by molar-refractivity contribution is -0.137. The molecule has 7 heteroatoms. The Morgan fingerprint density at radius 3 is 1.95 bits per heavy atom. The van der Waals surface area contributed by atoms with Crippen LogP contribution in [0.3, 0.4) is 0 Å². The Kier molecular flexibility index (Phi) is 4.83. The SMILES string of the molecule is COc1ccc(Oc2ccc(C(F)(F)F)cc2Br)c(Br)c1. The van der Waals surface area contributed by atoms with Crippen LogP contribution in [0.5, 0.6) is 17.2 Å². The van der Waals surface area contributed by atoms with Crippen LogP contribution >= 0.6 is 31.9 Å². The average molecular weight is 426 g/mol. The molecule has 0 amide bonds. The molecule has 0 saturated heterocycles. The summed E-state index contributed by atoms with van der Waals surface area (Å²) in [5.74, 6) is 1.39. The first kappa shape index (κ1) is 16.2. The molecule has 0 aliphatic rings. The molecule has 0 aliphatic carbocycles. The van der Waals surface area contributed by atoms with Crippen LogP contribution in [-0.4, -0.2) is 7.11 Å². The average Bonchev–Trinajstić information content (AvgIpc) is 2.41.